The first-order valence-corrected chi connectivity index (χ1v) is 13.2. The molecule has 5 rings (SSSR count). The quantitative estimate of drug-likeness (QED) is 0.244. The molecule has 1 fully saturated rings. The van der Waals surface area contributed by atoms with Crippen LogP contribution in [0, 0.1) is 30.4 Å². The van der Waals surface area contributed by atoms with Crippen molar-refractivity contribution in [3.05, 3.63) is 111 Å². The molecule has 39 heavy (non-hydrogen) atoms. The Bertz CT molecular complexity index is 1540. The summed E-state index contributed by atoms with van der Waals surface area (Å²) < 4.78 is 43.7. The number of benzene rings is 2. The van der Waals surface area contributed by atoms with E-state index in [0.717, 1.165) is 36.5 Å². The van der Waals surface area contributed by atoms with Gasteiger partial charge >= 0.3 is 0 Å². The topological polar surface area (TPSA) is 68.0 Å². The minimum atomic E-state index is -0.715. The summed E-state index contributed by atoms with van der Waals surface area (Å²) in [6.45, 7) is 3.51. The van der Waals surface area contributed by atoms with Gasteiger partial charge in [-0.25, -0.2) is 13.8 Å². The summed E-state index contributed by atoms with van der Waals surface area (Å²) >= 11 is 0. The van der Waals surface area contributed by atoms with E-state index in [-0.39, 0.29) is 17.9 Å². The van der Waals surface area contributed by atoms with Gasteiger partial charge in [-0.05, 0) is 66.1 Å². The first-order chi connectivity index (χ1) is 18.7. The lowest BCUT2D eigenvalue weighted by Crippen LogP contribution is -2.32. The third-order valence-electron chi connectivity index (χ3n) is 7.49. The van der Waals surface area contributed by atoms with E-state index in [0.29, 0.717) is 41.3 Å². The van der Waals surface area contributed by atoms with Gasteiger partial charge in [-0.15, -0.1) is 0 Å². The molecule has 1 aliphatic rings. The Hall–Kier alpha value is -3.94. The van der Waals surface area contributed by atoms with Gasteiger partial charge in [-0.2, -0.15) is 9.37 Å². The molecule has 4 aromatic rings. The molecule has 0 bridgehead atoms. The van der Waals surface area contributed by atoms with Crippen molar-refractivity contribution >= 4 is 0 Å². The predicted octanol–water partition coefficient (Wildman–Crippen LogP) is 6.67. The largest absolute Gasteiger partial charge is 0.493 e. The molecular weight excluding hydrogens is 503 g/mol. The van der Waals surface area contributed by atoms with Crippen LogP contribution in [-0.4, -0.2) is 19.6 Å². The molecular formula is C31H30F3N3O2. The van der Waals surface area contributed by atoms with Gasteiger partial charge in [-0.3, -0.25) is 9.36 Å². The van der Waals surface area contributed by atoms with E-state index in [1.807, 2.05) is 31.2 Å². The Morgan fingerprint density at radius 3 is 2.38 bits per heavy atom. The standard InChI is InChI=1S/C31H30F3N3O2/c1-3-27(22-15-23(32)17-24(33)16-22)37-28(11-8-19-4-5-19)36-30(38)26(31(37)39)14-20-6-9-21(10-7-20)25-12-13-35-29(34)18(25)2/h6-7,9-10,12-13,15-17,19,27,38H,3-5,8,11,14H2,1-2H3/t27-/m0/s1. The van der Waals surface area contributed by atoms with Crippen LogP contribution in [0.15, 0.2) is 59.5 Å². The molecule has 0 saturated heterocycles. The number of aryl methyl sites for hydroxylation is 1. The molecule has 0 amide bonds. The van der Waals surface area contributed by atoms with Crippen LogP contribution in [0.2, 0.25) is 0 Å². The van der Waals surface area contributed by atoms with Crippen LogP contribution in [-0.2, 0) is 12.8 Å². The minimum Gasteiger partial charge on any atom is -0.493 e. The second-order valence-electron chi connectivity index (χ2n) is 10.3. The maximum atomic E-state index is 14.1. The maximum absolute atomic E-state index is 14.1. The molecule has 2 aromatic heterocycles. The summed E-state index contributed by atoms with van der Waals surface area (Å²) in [4.78, 5) is 22.0. The molecule has 0 aliphatic heterocycles. The highest BCUT2D eigenvalue weighted by Crippen LogP contribution is 2.34. The fraction of sp³-hybridized carbons (Fsp3) is 0.323. The summed E-state index contributed by atoms with van der Waals surface area (Å²) in [5.74, 6) is -1.31. The number of pyridine rings is 1. The summed E-state index contributed by atoms with van der Waals surface area (Å²) in [6, 6.07) is 11.7. The van der Waals surface area contributed by atoms with E-state index >= 15 is 0 Å². The molecule has 8 heteroatoms. The maximum Gasteiger partial charge on any atom is 0.261 e. The molecule has 5 nitrogen and oxygen atoms in total. The van der Waals surface area contributed by atoms with Gasteiger partial charge in [0.05, 0.1) is 11.6 Å². The number of aromatic hydroxyl groups is 1. The van der Waals surface area contributed by atoms with Crippen LogP contribution in [0.5, 0.6) is 5.88 Å². The Morgan fingerprint density at radius 1 is 1.05 bits per heavy atom. The molecule has 0 unspecified atom stereocenters. The average Bonchev–Trinajstić information content (AvgIpc) is 3.73. The molecule has 1 atom stereocenters. The van der Waals surface area contributed by atoms with Gasteiger partial charge in [-0.1, -0.05) is 44.0 Å². The highest BCUT2D eigenvalue weighted by atomic mass is 19.1. The van der Waals surface area contributed by atoms with Gasteiger partial charge in [0.15, 0.2) is 0 Å². The van der Waals surface area contributed by atoms with Crippen molar-refractivity contribution < 1.29 is 18.3 Å². The van der Waals surface area contributed by atoms with E-state index in [1.165, 1.54) is 22.9 Å². The van der Waals surface area contributed by atoms with Gasteiger partial charge in [0.1, 0.15) is 17.5 Å². The number of nitrogens with zero attached hydrogens (tertiary/aromatic N) is 3. The van der Waals surface area contributed by atoms with Crippen molar-refractivity contribution in [1.82, 2.24) is 14.5 Å². The fourth-order valence-electron chi connectivity index (χ4n) is 5.16. The molecule has 2 heterocycles. The van der Waals surface area contributed by atoms with Crippen molar-refractivity contribution in [3.63, 3.8) is 0 Å². The van der Waals surface area contributed by atoms with Crippen LogP contribution in [0.3, 0.4) is 0 Å². The fourth-order valence-corrected chi connectivity index (χ4v) is 5.16. The molecule has 202 valence electrons. The summed E-state index contributed by atoms with van der Waals surface area (Å²) in [5, 5.41) is 10.9. The monoisotopic (exact) mass is 533 g/mol. The third kappa shape index (κ3) is 5.75. The summed E-state index contributed by atoms with van der Waals surface area (Å²) in [5.41, 5.74) is 2.73. The molecule has 1 N–H and O–H groups in total. The number of hydrogen-bond donors (Lipinski definition) is 1. The second-order valence-corrected chi connectivity index (χ2v) is 10.3. The predicted molar refractivity (Wildman–Crippen MR) is 143 cm³/mol. The minimum absolute atomic E-state index is 0.110. The van der Waals surface area contributed by atoms with Crippen LogP contribution in [0.1, 0.15) is 66.7 Å². The summed E-state index contributed by atoms with van der Waals surface area (Å²) in [6.07, 6.45) is 5.50. The Kier molecular flexibility index (Phi) is 7.55. The third-order valence-corrected chi connectivity index (χ3v) is 7.49. The Labute approximate surface area is 225 Å². The van der Waals surface area contributed by atoms with E-state index in [1.54, 1.807) is 13.0 Å². The Morgan fingerprint density at radius 2 is 1.74 bits per heavy atom. The molecule has 0 spiro atoms. The second kappa shape index (κ2) is 11.0. The van der Waals surface area contributed by atoms with Crippen molar-refractivity contribution in [2.24, 2.45) is 5.92 Å². The normalized spacial score (nSPS) is 14.0. The molecule has 1 aliphatic carbocycles. The number of hydrogen-bond acceptors (Lipinski definition) is 4. The lowest BCUT2D eigenvalue weighted by molar-refractivity contribution is 0.418. The molecule has 1 saturated carbocycles. The lowest BCUT2D eigenvalue weighted by Gasteiger charge is -2.24. The van der Waals surface area contributed by atoms with E-state index in [4.69, 9.17) is 0 Å². The average molecular weight is 534 g/mol. The SMILES string of the molecule is CC[C@@H](c1cc(F)cc(F)c1)n1c(CCC2CC2)nc(O)c(Cc2ccc(-c3ccnc(F)c3C)cc2)c1=O. The zero-order valence-electron chi connectivity index (χ0n) is 21.9. The van der Waals surface area contributed by atoms with Crippen molar-refractivity contribution in [1.29, 1.82) is 0 Å². The first-order valence-electron chi connectivity index (χ1n) is 13.2. The first kappa shape index (κ1) is 26.7. The number of rotatable bonds is 9. The van der Waals surface area contributed by atoms with Crippen molar-refractivity contribution in [2.45, 2.75) is 58.4 Å². The van der Waals surface area contributed by atoms with E-state index in [2.05, 4.69) is 9.97 Å². The number of halogens is 3. The van der Waals surface area contributed by atoms with Gasteiger partial charge in [0.25, 0.3) is 5.56 Å². The van der Waals surface area contributed by atoms with Crippen molar-refractivity contribution in [3.8, 4) is 17.0 Å². The smallest absolute Gasteiger partial charge is 0.261 e. The van der Waals surface area contributed by atoms with Gasteiger partial charge in [0.2, 0.25) is 11.8 Å². The zero-order valence-corrected chi connectivity index (χ0v) is 21.9. The van der Waals surface area contributed by atoms with Gasteiger partial charge in [0, 0.05) is 30.7 Å². The van der Waals surface area contributed by atoms with Crippen molar-refractivity contribution in [2.75, 3.05) is 0 Å². The van der Waals surface area contributed by atoms with Crippen LogP contribution in [0.25, 0.3) is 11.1 Å². The van der Waals surface area contributed by atoms with E-state index < -0.39 is 29.2 Å². The molecule has 2 aromatic carbocycles. The van der Waals surface area contributed by atoms with E-state index in [9.17, 15) is 23.1 Å². The van der Waals surface area contributed by atoms with Crippen LogP contribution < -0.4 is 5.56 Å². The lowest BCUT2D eigenvalue weighted by atomic mass is 9.98. The van der Waals surface area contributed by atoms with Crippen LogP contribution in [0.4, 0.5) is 13.2 Å². The number of aromatic nitrogens is 3. The highest BCUT2D eigenvalue weighted by Gasteiger charge is 2.26. The van der Waals surface area contributed by atoms with Gasteiger partial charge < -0.3 is 5.11 Å². The highest BCUT2D eigenvalue weighted by molar-refractivity contribution is 5.66. The Balaban J connectivity index is 1.53. The zero-order chi connectivity index (χ0) is 27.7. The van der Waals surface area contributed by atoms with Crippen LogP contribution >= 0.6 is 0 Å². The summed E-state index contributed by atoms with van der Waals surface area (Å²) in [7, 11) is 0. The molecule has 0 radical (unpaired) electrons.